The zero-order valence-corrected chi connectivity index (χ0v) is 29.1. The molecule has 5 amide bonds. The molecule has 19 heteroatoms. The van der Waals surface area contributed by atoms with Gasteiger partial charge in [0.2, 0.25) is 0 Å². The van der Waals surface area contributed by atoms with E-state index < -0.39 is 29.7 Å². The third-order valence-corrected chi connectivity index (χ3v) is 7.85. The van der Waals surface area contributed by atoms with Crippen molar-refractivity contribution in [3.63, 3.8) is 0 Å². The molecule has 4 aromatic heterocycles. The minimum atomic E-state index is -0.578. The topological polar surface area (TPSA) is 237 Å². The summed E-state index contributed by atoms with van der Waals surface area (Å²) >= 11 is 3.03. The van der Waals surface area contributed by atoms with Crippen LogP contribution in [-0.2, 0) is 25.9 Å². The Morgan fingerprint density at radius 3 is 1.84 bits per heavy atom. The van der Waals surface area contributed by atoms with Crippen LogP contribution in [0.4, 0.5) is 27.5 Å². The highest BCUT2D eigenvalue weighted by Gasteiger charge is 2.19. The number of amides is 5. The van der Waals surface area contributed by atoms with Crippen molar-refractivity contribution in [2.24, 2.45) is 32.0 Å². The number of hydrogen-bond acceptors (Lipinski definition) is 8. The summed E-state index contributed by atoms with van der Waals surface area (Å²) in [6.45, 7) is 3.69. The van der Waals surface area contributed by atoms with Crippen LogP contribution >= 0.6 is 15.9 Å². The van der Waals surface area contributed by atoms with E-state index in [9.17, 15) is 24.0 Å². The van der Waals surface area contributed by atoms with Gasteiger partial charge in [0, 0.05) is 70.0 Å². The molecule has 0 radical (unpaired) electrons. The molecule has 0 saturated heterocycles. The Morgan fingerprint density at radius 2 is 1.31 bits per heavy atom. The standard InChI is InChI=1S/C32H33BrN12O6/c1-17(33)28(46)36-19-5-6-23-18(9-19)13-45(40-23)32(50)39-22-12-26(44(4)16-22)31(49)38-21-11-25(43(3)15-21)30(48)37-20-10-24(42(2)14-20)29(47)35-8-7-27(34)41-51/h5-6,9-16,51H,1,7-8H2,2-4H3,(H2,34,41)(H,35,47)(H,36,46)(H,37,48)(H,38,49)(H,39,50). The number of nitrogens with one attached hydrogen (secondary N) is 5. The van der Waals surface area contributed by atoms with Gasteiger partial charge in [-0.2, -0.15) is 9.78 Å². The normalized spacial score (nSPS) is 11.3. The first kappa shape index (κ1) is 35.7. The fourth-order valence-electron chi connectivity index (χ4n) is 5.00. The van der Waals surface area contributed by atoms with Crippen molar-refractivity contribution in [2.45, 2.75) is 6.42 Å². The number of carbonyl (C=O) groups excluding carboxylic acids is 5. The molecule has 0 aliphatic heterocycles. The molecule has 0 saturated carbocycles. The first-order valence-corrected chi connectivity index (χ1v) is 15.8. The fraction of sp³-hybridized carbons (Fsp3) is 0.156. The minimum Gasteiger partial charge on any atom is -0.409 e. The van der Waals surface area contributed by atoms with E-state index in [2.05, 4.69) is 59.3 Å². The van der Waals surface area contributed by atoms with Crippen molar-refractivity contribution < 1.29 is 29.2 Å². The van der Waals surface area contributed by atoms with Crippen molar-refractivity contribution in [2.75, 3.05) is 27.8 Å². The first-order valence-electron chi connectivity index (χ1n) is 15.0. The number of aryl methyl sites for hydroxylation is 3. The van der Waals surface area contributed by atoms with E-state index in [1.54, 1.807) is 62.5 Å². The maximum Gasteiger partial charge on any atom is 0.346 e. The Labute approximate surface area is 298 Å². The summed E-state index contributed by atoms with van der Waals surface area (Å²) in [5.41, 5.74) is 8.23. The molecule has 4 heterocycles. The summed E-state index contributed by atoms with van der Waals surface area (Å²) in [6, 6.07) is 8.89. The lowest BCUT2D eigenvalue weighted by Gasteiger charge is -2.04. The van der Waals surface area contributed by atoms with E-state index >= 15 is 0 Å². The van der Waals surface area contributed by atoms with Crippen LogP contribution in [0.5, 0.6) is 0 Å². The average Bonchev–Trinajstić information content (AvgIpc) is 3.85. The van der Waals surface area contributed by atoms with Gasteiger partial charge >= 0.3 is 6.03 Å². The Morgan fingerprint density at radius 1 is 0.784 bits per heavy atom. The second-order valence-electron chi connectivity index (χ2n) is 11.3. The van der Waals surface area contributed by atoms with E-state index in [4.69, 9.17) is 10.9 Å². The molecule has 0 aliphatic rings. The molecule has 5 rings (SSSR count). The summed E-state index contributed by atoms with van der Waals surface area (Å²) in [7, 11) is 4.93. The predicted molar refractivity (Wildman–Crippen MR) is 193 cm³/mol. The Bertz CT molecular complexity index is 2240. The lowest BCUT2D eigenvalue weighted by Crippen LogP contribution is -2.29. The Kier molecular flexibility index (Phi) is 10.4. The highest BCUT2D eigenvalue weighted by atomic mass is 79.9. The quantitative estimate of drug-likeness (QED) is 0.0346. The van der Waals surface area contributed by atoms with Gasteiger partial charge in [0.15, 0.2) is 0 Å². The van der Waals surface area contributed by atoms with Crippen LogP contribution in [0.25, 0.3) is 10.9 Å². The van der Waals surface area contributed by atoms with Crippen LogP contribution in [0.1, 0.15) is 37.9 Å². The van der Waals surface area contributed by atoms with Crippen LogP contribution < -0.4 is 32.3 Å². The van der Waals surface area contributed by atoms with Crippen LogP contribution in [0.3, 0.4) is 0 Å². The lowest BCUT2D eigenvalue weighted by atomic mass is 10.2. The summed E-state index contributed by atoms with van der Waals surface area (Å²) in [6.07, 6.45) is 6.37. The summed E-state index contributed by atoms with van der Waals surface area (Å²) in [5.74, 6) is -1.81. The Hall–Kier alpha value is -6.63. The molecule has 0 aliphatic carbocycles. The van der Waals surface area contributed by atoms with Crippen LogP contribution in [-0.4, -0.2) is 70.7 Å². The van der Waals surface area contributed by atoms with E-state index in [0.717, 1.165) is 4.68 Å². The summed E-state index contributed by atoms with van der Waals surface area (Å²) in [5, 5.41) is 29.9. The van der Waals surface area contributed by atoms with Gasteiger partial charge in [0.05, 0.1) is 27.1 Å². The zero-order valence-electron chi connectivity index (χ0n) is 27.5. The average molecular weight is 762 g/mol. The number of hydrogen-bond donors (Lipinski definition) is 7. The van der Waals surface area contributed by atoms with Gasteiger partial charge in [-0.25, -0.2) is 4.79 Å². The molecule has 0 bridgehead atoms. The highest BCUT2D eigenvalue weighted by molar-refractivity contribution is 9.12. The predicted octanol–water partition coefficient (Wildman–Crippen LogP) is 3.35. The largest absolute Gasteiger partial charge is 0.409 e. The smallest absolute Gasteiger partial charge is 0.346 e. The number of halogens is 1. The van der Waals surface area contributed by atoms with Crippen molar-refractivity contribution in [3.8, 4) is 0 Å². The van der Waals surface area contributed by atoms with Gasteiger partial charge in [-0.05, 0) is 52.3 Å². The van der Waals surface area contributed by atoms with Crippen molar-refractivity contribution in [1.29, 1.82) is 0 Å². The minimum absolute atomic E-state index is 0.0191. The SMILES string of the molecule is C=C(Br)C(=O)Nc1ccc2nn(C(=O)Nc3cc(C(=O)Nc4cc(C(=O)Nc5cc(C(=O)NCCC(N)=NO)n(C)c5)n(C)c4)n(C)c3)cc2c1. The maximum atomic E-state index is 13.2. The molecule has 0 spiro atoms. The summed E-state index contributed by atoms with van der Waals surface area (Å²) < 4.78 is 5.90. The third-order valence-electron chi connectivity index (χ3n) is 7.49. The highest BCUT2D eigenvalue weighted by Crippen LogP contribution is 2.22. The van der Waals surface area contributed by atoms with Gasteiger partial charge in [-0.1, -0.05) is 11.7 Å². The van der Waals surface area contributed by atoms with E-state index in [1.807, 2.05) is 0 Å². The number of fused-ring (bicyclic) bond motifs is 1. The number of carbonyl (C=O) groups is 5. The second kappa shape index (κ2) is 14.9. The first-order chi connectivity index (χ1) is 24.2. The third kappa shape index (κ3) is 8.33. The number of anilines is 4. The number of benzene rings is 1. The van der Waals surface area contributed by atoms with Gasteiger partial charge in [0.1, 0.15) is 22.9 Å². The number of aromatic nitrogens is 5. The van der Waals surface area contributed by atoms with E-state index in [-0.39, 0.29) is 40.4 Å². The second-order valence-corrected chi connectivity index (χ2v) is 12.3. The monoisotopic (exact) mass is 760 g/mol. The number of oxime groups is 1. The number of nitrogens with zero attached hydrogens (tertiary/aromatic N) is 6. The van der Waals surface area contributed by atoms with E-state index in [0.29, 0.717) is 33.7 Å². The molecule has 5 aromatic rings. The molecular weight excluding hydrogens is 728 g/mol. The van der Waals surface area contributed by atoms with Gasteiger partial charge < -0.3 is 51.2 Å². The molecule has 51 heavy (non-hydrogen) atoms. The van der Waals surface area contributed by atoms with Crippen LogP contribution in [0.2, 0.25) is 0 Å². The molecule has 264 valence electrons. The van der Waals surface area contributed by atoms with E-state index in [1.165, 1.54) is 33.5 Å². The maximum absolute atomic E-state index is 13.2. The lowest BCUT2D eigenvalue weighted by molar-refractivity contribution is -0.112. The van der Waals surface area contributed by atoms with Crippen molar-refractivity contribution in [1.82, 2.24) is 28.8 Å². The molecule has 0 atom stereocenters. The molecule has 0 unspecified atom stereocenters. The Balaban J connectivity index is 1.20. The van der Waals surface area contributed by atoms with Crippen LogP contribution in [0.15, 0.2) is 77.4 Å². The van der Waals surface area contributed by atoms with Gasteiger partial charge in [-0.15, -0.1) is 0 Å². The molecular formula is C32H33BrN12O6. The molecule has 8 N–H and O–H groups in total. The fourth-order valence-corrected chi connectivity index (χ4v) is 5.10. The van der Waals surface area contributed by atoms with Crippen molar-refractivity contribution >= 4 is 85.1 Å². The molecule has 0 fully saturated rings. The summed E-state index contributed by atoms with van der Waals surface area (Å²) in [4.78, 5) is 63.8. The number of amidine groups is 1. The van der Waals surface area contributed by atoms with Gasteiger partial charge in [0.25, 0.3) is 23.6 Å². The molecule has 18 nitrogen and oxygen atoms in total. The van der Waals surface area contributed by atoms with Crippen molar-refractivity contribution in [3.05, 3.63) is 89.3 Å². The van der Waals surface area contributed by atoms with Gasteiger partial charge in [-0.3, -0.25) is 19.2 Å². The van der Waals surface area contributed by atoms with Crippen LogP contribution in [0, 0.1) is 0 Å². The number of rotatable bonds is 11. The number of nitrogens with two attached hydrogens (primary N) is 1. The molecule has 1 aromatic carbocycles. The zero-order chi connectivity index (χ0) is 37.0.